The van der Waals surface area contributed by atoms with Crippen LogP contribution in [0.25, 0.3) is 0 Å². The Bertz CT molecular complexity index is 618. The van der Waals surface area contributed by atoms with Crippen molar-refractivity contribution < 1.29 is 22.7 Å². The molecule has 0 radical (unpaired) electrons. The molecular weight excluding hydrogens is 319 g/mol. The summed E-state index contributed by atoms with van der Waals surface area (Å²) in [6.45, 7) is 2.05. The number of hydrogen-bond acceptors (Lipinski definition) is 2. The molecule has 3 rings (SSSR count). The molecule has 0 saturated heterocycles. The van der Waals surface area contributed by atoms with Crippen molar-refractivity contribution in [2.45, 2.75) is 50.4 Å². The Morgan fingerprint density at radius 3 is 2.42 bits per heavy atom. The number of ether oxygens (including phenoxy) is 1. The first-order valence-electron chi connectivity index (χ1n) is 8.21. The summed E-state index contributed by atoms with van der Waals surface area (Å²) >= 11 is 0. The van der Waals surface area contributed by atoms with Crippen molar-refractivity contribution in [3.05, 3.63) is 35.9 Å². The average Bonchev–Trinajstić information content (AvgIpc) is 3.03. The molecule has 2 aliphatic rings. The molecule has 0 aromatic heterocycles. The lowest BCUT2D eigenvalue weighted by Gasteiger charge is -2.38. The molecule has 2 saturated carbocycles. The maximum absolute atomic E-state index is 13.9. The van der Waals surface area contributed by atoms with Crippen LogP contribution >= 0.6 is 0 Å². The third kappa shape index (κ3) is 2.51. The molecule has 2 aliphatic carbocycles. The van der Waals surface area contributed by atoms with Crippen molar-refractivity contribution in [3.8, 4) is 0 Å². The number of halogens is 3. The van der Waals surface area contributed by atoms with E-state index in [1.807, 2.05) is 0 Å². The van der Waals surface area contributed by atoms with Crippen molar-refractivity contribution >= 4 is 5.91 Å². The Balaban J connectivity index is 1.93. The molecule has 0 unspecified atom stereocenters. The lowest BCUT2D eigenvalue weighted by atomic mass is 9.81. The van der Waals surface area contributed by atoms with Gasteiger partial charge in [-0.05, 0) is 37.0 Å². The Kier molecular flexibility index (Phi) is 4.14. The van der Waals surface area contributed by atoms with Crippen molar-refractivity contribution in [2.75, 3.05) is 7.11 Å². The minimum absolute atomic E-state index is 0.109. The summed E-state index contributed by atoms with van der Waals surface area (Å²) in [7, 11) is 0.933. The third-order valence-corrected chi connectivity index (χ3v) is 5.80. The summed E-state index contributed by atoms with van der Waals surface area (Å²) in [5.41, 5.74) is -3.29. The molecule has 4 atom stereocenters. The van der Waals surface area contributed by atoms with Crippen LogP contribution in [-0.4, -0.2) is 25.2 Å². The second kappa shape index (κ2) is 5.76. The molecule has 3 nitrogen and oxygen atoms in total. The van der Waals surface area contributed by atoms with Crippen LogP contribution in [0.3, 0.4) is 0 Å². The van der Waals surface area contributed by atoms with Crippen LogP contribution in [0.5, 0.6) is 0 Å². The third-order valence-electron chi connectivity index (χ3n) is 5.80. The van der Waals surface area contributed by atoms with E-state index in [0.717, 1.165) is 32.8 Å². The molecule has 0 aliphatic heterocycles. The fraction of sp³-hybridized carbons (Fsp3) is 0.611. The van der Waals surface area contributed by atoms with Crippen molar-refractivity contribution in [1.82, 2.24) is 5.32 Å². The molecule has 0 heterocycles. The topological polar surface area (TPSA) is 38.3 Å². The number of fused-ring (bicyclic) bond motifs is 2. The second-order valence-corrected chi connectivity index (χ2v) is 7.27. The van der Waals surface area contributed by atoms with Gasteiger partial charge in [-0.2, -0.15) is 13.2 Å². The molecule has 0 spiro atoms. The van der Waals surface area contributed by atoms with Gasteiger partial charge >= 0.3 is 6.18 Å². The molecule has 1 amide bonds. The van der Waals surface area contributed by atoms with Gasteiger partial charge in [0.05, 0.1) is 0 Å². The maximum Gasteiger partial charge on any atom is 0.430 e. The van der Waals surface area contributed by atoms with Crippen LogP contribution in [0.1, 0.15) is 38.2 Å². The summed E-state index contributed by atoms with van der Waals surface area (Å²) in [5.74, 6) is -0.623. The zero-order valence-electron chi connectivity index (χ0n) is 13.8. The first-order valence-corrected chi connectivity index (χ1v) is 8.21. The van der Waals surface area contributed by atoms with E-state index in [1.54, 1.807) is 6.07 Å². The number of carbonyl (C=O) groups excluding carboxylic acids is 1. The zero-order chi connectivity index (χ0) is 17.6. The molecule has 24 heavy (non-hydrogen) atoms. The summed E-state index contributed by atoms with van der Waals surface area (Å²) in [6.07, 6.45) is -1.11. The lowest BCUT2D eigenvalue weighted by molar-refractivity contribution is -0.266. The van der Waals surface area contributed by atoms with E-state index in [9.17, 15) is 18.0 Å². The SMILES string of the molecule is CO[C@](C(=O)N[C@@H]1C[C@@H]2CC[C@@]1(C)C2)(c1ccccc1)C(F)(F)F. The van der Waals surface area contributed by atoms with Crippen LogP contribution in [0.4, 0.5) is 13.2 Å². The van der Waals surface area contributed by atoms with E-state index in [2.05, 4.69) is 12.2 Å². The lowest BCUT2D eigenvalue weighted by Crippen LogP contribution is -2.59. The number of carbonyl (C=O) groups is 1. The summed E-state index contributed by atoms with van der Waals surface area (Å²) in [6, 6.07) is 6.87. The quantitative estimate of drug-likeness (QED) is 0.905. The number of hydrogen-bond donors (Lipinski definition) is 1. The van der Waals surface area contributed by atoms with Crippen LogP contribution in [0.2, 0.25) is 0 Å². The number of nitrogens with one attached hydrogen (secondary N) is 1. The molecule has 6 heteroatoms. The molecule has 1 aromatic rings. The molecular formula is C18H22F3NO2. The minimum atomic E-state index is -4.86. The smallest absolute Gasteiger partial charge is 0.356 e. The molecule has 132 valence electrons. The van der Waals surface area contributed by atoms with Gasteiger partial charge in [-0.15, -0.1) is 0 Å². The van der Waals surface area contributed by atoms with Gasteiger partial charge in [0, 0.05) is 18.7 Å². The summed E-state index contributed by atoms with van der Waals surface area (Å²) in [4.78, 5) is 12.8. The van der Waals surface area contributed by atoms with E-state index in [1.165, 1.54) is 24.3 Å². The highest BCUT2D eigenvalue weighted by Crippen LogP contribution is 2.54. The van der Waals surface area contributed by atoms with Gasteiger partial charge in [0.15, 0.2) is 0 Å². The maximum atomic E-state index is 13.9. The highest BCUT2D eigenvalue weighted by atomic mass is 19.4. The van der Waals surface area contributed by atoms with Crippen molar-refractivity contribution in [2.24, 2.45) is 11.3 Å². The van der Waals surface area contributed by atoms with Crippen molar-refractivity contribution in [3.63, 3.8) is 0 Å². The van der Waals surface area contributed by atoms with E-state index in [-0.39, 0.29) is 17.0 Å². The van der Waals surface area contributed by atoms with E-state index in [0.29, 0.717) is 5.92 Å². The molecule has 2 fully saturated rings. The van der Waals surface area contributed by atoms with Crippen LogP contribution < -0.4 is 5.32 Å². The van der Waals surface area contributed by atoms with Crippen LogP contribution in [0, 0.1) is 11.3 Å². The standard InChI is InChI=1S/C18H22F3NO2/c1-16-9-8-12(11-16)10-14(16)22-15(23)17(24-2,18(19,20)21)13-6-4-3-5-7-13/h3-7,12,14H,8-11H2,1-2H3,(H,22,23)/t12-,14+,16-,17-/m0/s1. The normalized spacial score (nSPS) is 31.7. The number of alkyl halides is 3. The minimum Gasteiger partial charge on any atom is -0.356 e. The fourth-order valence-corrected chi connectivity index (χ4v) is 4.45. The van der Waals surface area contributed by atoms with E-state index < -0.39 is 17.7 Å². The van der Waals surface area contributed by atoms with Gasteiger partial charge in [0.1, 0.15) is 0 Å². The largest absolute Gasteiger partial charge is 0.430 e. The highest BCUT2D eigenvalue weighted by Gasteiger charge is 2.63. The Labute approximate surface area is 139 Å². The Morgan fingerprint density at radius 1 is 1.29 bits per heavy atom. The molecule has 2 bridgehead atoms. The predicted molar refractivity (Wildman–Crippen MR) is 83.2 cm³/mol. The molecule has 1 N–H and O–H groups in total. The first kappa shape index (κ1) is 17.3. The van der Waals surface area contributed by atoms with Crippen LogP contribution in [0.15, 0.2) is 30.3 Å². The van der Waals surface area contributed by atoms with Gasteiger partial charge in [0.25, 0.3) is 11.5 Å². The second-order valence-electron chi connectivity index (χ2n) is 7.27. The van der Waals surface area contributed by atoms with E-state index >= 15 is 0 Å². The predicted octanol–water partition coefficient (Wildman–Crippen LogP) is 3.79. The zero-order valence-corrected chi connectivity index (χ0v) is 13.8. The van der Waals surface area contributed by atoms with Gasteiger partial charge in [-0.25, -0.2) is 0 Å². The van der Waals surface area contributed by atoms with Gasteiger partial charge in [-0.1, -0.05) is 37.3 Å². The summed E-state index contributed by atoms with van der Waals surface area (Å²) in [5, 5.41) is 2.66. The average molecular weight is 341 g/mol. The van der Waals surface area contributed by atoms with Gasteiger partial charge < -0.3 is 10.1 Å². The first-order chi connectivity index (χ1) is 11.2. The summed E-state index contributed by atoms with van der Waals surface area (Å²) < 4.78 is 46.5. The van der Waals surface area contributed by atoms with Crippen molar-refractivity contribution in [1.29, 1.82) is 0 Å². The number of benzene rings is 1. The van der Waals surface area contributed by atoms with Gasteiger partial charge in [0.2, 0.25) is 0 Å². The number of methoxy groups -OCH3 is 1. The highest BCUT2D eigenvalue weighted by molar-refractivity contribution is 5.88. The Morgan fingerprint density at radius 2 is 1.96 bits per heavy atom. The van der Waals surface area contributed by atoms with Crippen LogP contribution in [-0.2, 0) is 15.1 Å². The monoisotopic (exact) mass is 341 g/mol. The van der Waals surface area contributed by atoms with E-state index in [4.69, 9.17) is 4.74 Å². The fourth-order valence-electron chi connectivity index (χ4n) is 4.45. The number of amides is 1. The van der Waals surface area contributed by atoms with Gasteiger partial charge in [-0.3, -0.25) is 4.79 Å². The Hall–Kier alpha value is -1.56. The molecule has 1 aromatic carbocycles. The number of rotatable bonds is 4.